The summed E-state index contributed by atoms with van der Waals surface area (Å²) in [5, 5.41) is 0. The van der Waals surface area contributed by atoms with Gasteiger partial charge in [0, 0.05) is 18.9 Å². The fourth-order valence-corrected chi connectivity index (χ4v) is 4.96. The smallest absolute Gasteiger partial charge is 0.308 e. The first-order valence-electron chi connectivity index (χ1n) is 10.6. The molecular weight excluding hydrogens is 430 g/mol. The third-order valence-corrected chi connectivity index (χ3v) is 7.43. The minimum Gasteiger partial charge on any atom is -0.477 e. The lowest BCUT2D eigenvalue weighted by molar-refractivity contribution is -0.135. The highest BCUT2D eigenvalue weighted by Gasteiger charge is 2.42. The van der Waals surface area contributed by atoms with Crippen LogP contribution >= 0.6 is 0 Å². The van der Waals surface area contributed by atoms with Gasteiger partial charge in [-0.25, -0.2) is 13.1 Å². The van der Waals surface area contributed by atoms with E-state index < -0.39 is 27.5 Å². The zero-order valence-electron chi connectivity index (χ0n) is 19.3. The minimum absolute atomic E-state index is 0.0248. The second-order valence-electron chi connectivity index (χ2n) is 8.37. The Morgan fingerprint density at radius 2 is 1.72 bits per heavy atom. The molecule has 0 spiro atoms. The van der Waals surface area contributed by atoms with Crippen LogP contribution in [0.5, 0.6) is 11.5 Å². The van der Waals surface area contributed by atoms with Gasteiger partial charge in [0.25, 0.3) is 15.9 Å². The molecule has 0 aromatic heterocycles. The Balaban J connectivity index is 1.90. The van der Waals surface area contributed by atoms with Crippen LogP contribution in [0.2, 0.25) is 0 Å². The van der Waals surface area contributed by atoms with Crippen LogP contribution < -0.4 is 14.2 Å². The van der Waals surface area contributed by atoms with Crippen LogP contribution in [0.3, 0.4) is 0 Å². The number of amides is 1. The van der Waals surface area contributed by atoms with Crippen molar-refractivity contribution in [1.82, 2.24) is 4.72 Å². The van der Waals surface area contributed by atoms with Crippen molar-refractivity contribution >= 4 is 21.9 Å². The van der Waals surface area contributed by atoms with Gasteiger partial charge in [0.1, 0.15) is 11.5 Å². The SMILES string of the molecule is CCc1ccc(S(=O)(=O)NC(=O)C2(C)CCc3c(C)c(OC(C)=O)c(C)c(C)c3O2)cc1. The van der Waals surface area contributed by atoms with Crippen LogP contribution in [0.25, 0.3) is 0 Å². The summed E-state index contributed by atoms with van der Waals surface area (Å²) in [6.45, 7) is 10.4. The third kappa shape index (κ3) is 4.37. The van der Waals surface area contributed by atoms with E-state index in [1.807, 2.05) is 27.7 Å². The summed E-state index contributed by atoms with van der Waals surface area (Å²) in [6, 6.07) is 6.43. The zero-order chi connectivity index (χ0) is 23.8. The van der Waals surface area contributed by atoms with Crippen molar-refractivity contribution in [2.45, 2.75) is 71.3 Å². The Morgan fingerprint density at radius 3 is 2.28 bits per heavy atom. The van der Waals surface area contributed by atoms with E-state index in [-0.39, 0.29) is 11.3 Å². The molecule has 0 bridgehead atoms. The maximum Gasteiger partial charge on any atom is 0.308 e. The van der Waals surface area contributed by atoms with Crippen molar-refractivity contribution in [3.8, 4) is 11.5 Å². The van der Waals surface area contributed by atoms with Gasteiger partial charge in [-0.1, -0.05) is 19.1 Å². The van der Waals surface area contributed by atoms with E-state index in [2.05, 4.69) is 4.72 Å². The topological polar surface area (TPSA) is 98.8 Å². The van der Waals surface area contributed by atoms with Crippen LogP contribution in [0.4, 0.5) is 0 Å². The predicted octanol–water partition coefficient (Wildman–Crippen LogP) is 3.69. The van der Waals surface area contributed by atoms with E-state index >= 15 is 0 Å². The van der Waals surface area contributed by atoms with Crippen LogP contribution in [-0.2, 0) is 32.5 Å². The summed E-state index contributed by atoms with van der Waals surface area (Å²) >= 11 is 0. The largest absolute Gasteiger partial charge is 0.477 e. The maximum atomic E-state index is 13.1. The highest BCUT2D eigenvalue weighted by Crippen LogP contribution is 2.44. The average Bonchev–Trinajstić information content (AvgIpc) is 2.74. The predicted molar refractivity (Wildman–Crippen MR) is 120 cm³/mol. The normalized spacial score (nSPS) is 17.8. The summed E-state index contributed by atoms with van der Waals surface area (Å²) < 4.78 is 39.2. The van der Waals surface area contributed by atoms with E-state index in [0.717, 1.165) is 34.2 Å². The number of carbonyl (C=O) groups excluding carboxylic acids is 2. The molecule has 2 aromatic rings. The van der Waals surface area contributed by atoms with Gasteiger partial charge in [-0.3, -0.25) is 9.59 Å². The lowest BCUT2D eigenvalue weighted by atomic mass is 9.87. The van der Waals surface area contributed by atoms with E-state index in [1.165, 1.54) is 19.1 Å². The van der Waals surface area contributed by atoms with Crippen molar-refractivity contribution in [3.63, 3.8) is 0 Å². The molecule has 1 atom stereocenters. The Morgan fingerprint density at radius 1 is 1.09 bits per heavy atom. The van der Waals surface area contributed by atoms with E-state index in [4.69, 9.17) is 9.47 Å². The molecule has 1 aliphatic rings. The van der Waals surface area contributed by atoms with Crippen molar-refractivity contribution in [2.75, 3.05) is 0 Å². The molecule has 1 unspecified atom stereocenters. The van der Waals surface area contributed by atoms with Crippen LogP contribution in [-0.4, -0.2) is 25.9 Å². The van der Waals surface area contributed by atoms with Crippen molar-refractivity contribution in [3.05, 3.63) is 52.1 Å². The first-order chi connectivity index (χ1) is 14.9. The molecule has 3 rings (SSSR count). The fourth-order valence-electron chi connectivity index (χ4n) is 3.88. The number of benzene rings is 2. The van der Waals surface area contributed by atoms with Crippen LogP contribution in [0, 0.1) is 20.8 Å². The molecular formula is C24H29NO6S. The highest BCUT2D eigenvalue weighted by molar-refractivity contribution is 7.90. The number of aryl methyl sites for hydroxylation is 1. The number of hydrogen-bond acceptors (Lipinski definition) is 6. The van der Waals surface area contributed by atoms with Gasteiger partial charge in [0.2, 0.25) is 0 Å². The van der Waals surface area contributed by atoms with Gasteiger partial charge in [0.05, 0.1) is 4.90 Å². The molecule has 1 aliphatic heterocycles. The van der Waals surface area contributed by atoms with Crippen molar-refractivity contribution in [2.24, 2.45) is 0 Å². The second-order valence-corrected chi connectivity index (χ2v) is 10.1. The van der Waals surface area contributed by atoms with Crippen molar-refractivity contribution < 1.29 is 27.5 Å². The van der Waals surface area contributed by atoms with Gasteiger partial charge < -0.3 is 9.47 Å². The monoisotopic (exact) mass is 459 g/mol. The number of esters is 1. The number of rotatable bonds is 5. The van der Waals surface area contributed by atoms with Gasteiger partial charge in [-0.2, -0.15) is 0 Å². The van der Waals surface area contributed by atoms with Crippen LogP contribution in [0.15, 0.2) is 29.2 Å². The zero-order valence-corrected chi connectivity index (χ0v) is 20.1. The second kappa shape index (κ2) is 8.58. The summed E-state index contributed by atoms with van der Waals surface area (Å²) in [5.41, 5.74) is 2.76. The molecule has 32 heavy (non-hydrogen) atoms. The minimum atomic E-state index is -4.03. The third-order valence-electron chi connectivity index (χ3n) is 6.09. The number of fused-ring (bicyclic) bond motifs is 1. The summed E-state index contributed by atoms with van der Waals surface area (Å²) in [4.78, 5) is 24.6. The summed E-state index contributed by atoms with van der Waals surface area (Å²) in [5.74, 6) is -0.0943. The van der Waals surface area contributed by atoms with E-state index in [1.54, 1.807) is 19.1 Å². The average molecular weight is 460 g/mol. The fraction of sp³-hybridized carbons (Fsp3) is 0.417. The Kier molecular flexibility index (Phi) is 6.38. The number of nitrogens with one attached hydrogen (secondary N) is 1. The molecule has 1 N–H and O–H groups in total. The molecule has 0 saturated heterocycles. The molecule has 172 valence electrons. The molecule has 1 heterocycles. The molecule has 0 saturated carbocycles. The van der Waals surface area contributed by atoms with Gasteiger partial charge >= 0.3 is 5.97 Å². The molecule has 0 fully saturated rings. The molecule has 1 amide bonds. The Bertz CT molecular complexity index is 1180. The number of hydrogen-bond donors (Lipinski definition) is 1. The van der Waals surface area contributed by atoms with Gasteiger partial charge in [0.15, 0.2) is 5.60 Å². The molecule has 0 aliphatic carbocycles. The Hall–Kier alpha value is -2.87. The van der Waals surface area contributed by atoms with Crippen LogP contribution in [0.1, 0.15) is 55.0 Å². The molecule has 0 radical (unpaired) electrons. The van der Waals surface area contributed by atoms with E-state index in [0.29, 0.717) is 17.9 Å². The van der Waals surface area contributed by atoms with E-state index in [9.17, 15) is 18.0 Å². The molecule has 7 nitrogen and oxygen atoms in total. The van der Waals surface area contributed by atoms with Gasteiger partial charge in [-0.15, -0.1) is 0 Å². The van der Waals surface area contributed by atoms with Gasteiger partial charge in [-0.05, 0) is 74.9 Å². The lowest BCUT2D eigenvalue weighted by Crippen LogP contribution is -2.52. The highest BCUT2D eigenvalue weighted by atomic mass is 32.2. The summed E-state index contributed by atoms with van der Waals surface area (Å²) in [7, 11) is -4.03. The number of ether oxygens (including phenoxy) is 2. The Labute approximate surface area is 189 Å². The summed E-state index contributed by atoms with van der Waals surface area (Å²) in [6.07, 6.45) is 1.54. The standard InChI is InChI=1S/C24H29NO6S/c1-7-18-8-10-19(11-9-18)32(28,29)25-23(27)24(6)13-12-20-16(4)21(30-17(5)26)14(2)15(3)22(20)31-24/h8-11H,7,12-13H2,1-6H3,(H,25,27). The maximum absolute atomic E-state index is 13.1. The quantitative estimate of drug-likeness (QED) is 0.541. The lowest BCUT2D eigenvalue weighted by Gasteiger charge is -2.36. The first kappa shape index (κ1) is 23.8. The number of sulfonamides is 1. The molecule has 8 heteroatoms. The number of carbonyl (C=O) groups is 2. The first-order valence-corrected chi connectivity index (χ1v) is 12.0. The van der Waals surface area contributed by atoms with Crippen molar-refractivity contribution in [1.29, 1.82) is 0 Å². The molecule has 2 aromatic carbocycles.